The lowest BCUT2D eigenvalue weighted by Gasteiger charge is -2.09. The normalized spacial score (nSPS) is 13.9. The van der Waals surface area contributed by atoms with Crippen molar-refractivity contribution in [2.75, 3.05) is 11.9 Å². The molecule has 0 amide bonds. The predicted octanol–water partition coefficient (Wildman–Crippen LogP) is 5.08. The van der Waals surface area contributed by atoms with Gasteiger partial charge in [-0.25, -0.2) is 9.07 Å². The van der Waals surface area contributed by atoms with E-state index in [4.69, 9.17) is 16.7 Å². The summed E-state index contributed by atoms with van der Waals surface area (Å²) in [7, 11) is 0. The largest absolute Gasteiger partial charge is 0.370 e. The van der Waals surface area contributed by atoms with Crippen LogP contribution in [0.3, 0.4) is 0 Å². The summed E-state index contributed by atoms with van der Waals surface area (Å²) in [6.45, 7) is 0.863. The molecule has 0 spiro atoms. The number of hydrogen-bond donors (Lipinski definition) is 1. The van der Waals surface area contributed by atoms with E-state index >= 15 is 0 Å². The first-order valence-corrected chi connectivity index (χ1v) is 8.48. The number of fused-ring (bicyclic) bond motifs is 1. The molecule has 1 aliphatic heterocycles. The minimum atomic E-state index is -0.286. The van der Waals surface area contributed by atoms with E-state index in [2.05, 4.69) is 5.32 Å². The summed E-state index contributed by atoms with van der Waals surface area (Å²) in [6.07, 6.45) is 3.08. The van der Waals surface area contributed by atoms with Gasteiger partial charge < -0.3 is 5.32 Å². The van der Waals surface area contributed by atoms with Crippen molar-refractivity contribution < 1.29 is 4.39 Å². The minimum absolute atomic E-state index is 0.286. The Kier molecular flexibility index (Phi) is 3.98. The molecule has 1 N–H and O–H groups in total. The zero-order chi connectivity index (χ0) is 16.5. The monoisotopic (exact) mass is 341 g/mol. The molecular weight excluding hydrogens is 325 g/mol. The SMILES string of the molecule is Fc1ccccc1-n1nc(-c2cccc(Cl)c2)c2c1NCCCC2. The van der Waals surface area contributed by atoms with E-state index in [1.807, 2.05) is 30.3 Å². The number of halogens is 2. The topological polar surface area (TPSA) is 29.9 Å². The first-order chi connectivity index (χ1) is 11.7. The fourth-order valence-corrected chi connectivity index (χ4v) is 3.36. The van der Waals surface area contributed by atoms with Gasteiger partial charge in [-0.05, 0) is 43.5 Å². The van der Waals surface area contributed by atoms with Crippen molar-refractivity contribution in [3.05, 3.63) is 64.9 Å². The van der Waals surface area contributed by atoms with E-state index in [1.54, 1.807) is 16.8 Å². The molecule has 0 atom stereocenters. The fraction of sp³-hybridized carbons (Fsp3) is 0.211. The first kappa shape index (κ1) is 15.2. The van der Waals surface area contributed by atoms with Crippen LogP contribution in [0.1, 0.15) is 18.4 Å². The molecule has 0 radical (unpaired) electrons. The number of nitrogens with zero attached hydrogens (tertiary/aromatic N) is 2. The second kappa shape index (κ2) is 6.29. The molecule has 0 aliphatic carbocycles. The second-order valence-electron chi connectivity index (χ2n) is 5.93. The van der Waals surface area contributed by atoms with Gasteiger partial charge in [0.25, 0.3) is 0 Å². The van der Waals surface area contributed by atoms with Gasteiger partial charge in [0, 0.05) is 22.7 Å². The van der Waals surface area contributed by atoms with Crippen LogP contribution in [-0.4, -0.2) is 16.3 Å². The summed E-state index contributed by atoms with van der Waals surface area (Å²) < 4.78 is 16.0. The standard InChI is InChI=1S/C19H17ClFN3/c20-14-7-5-6-13(12-14)18-15-8-3-4-11-22-19(15)24(23-18)17-10-2-1-9-16(17)21/h1-2,5-7,9-10,12,22H,3-4,8,11H2. The summed E-state index contributed by atoms with van der Waals surface area (Å²) in [5.74, 6) is 0.596. The van der Waals surface area contributed by atoms with Gasteiger partial charge >= 0.3 is 0 Å². The summed E-state index contributed by atoms with van der Waals surface area (Å²) in [5.41, 5.74) is 3.40. The molecule has 122 valence electrons. The van der Waals surface area contributed by atoms with Crippen LogP contribution in [0.5, 0.6) is 0 Å². The molecule has 2 heterocycles. The van der Waals surface area contributed by atoms with Crippen LogP contribution in [0.25, 0.3) is 16.9 Å². The molecule has 4 rings (SSSR count). The third kappa shape index (κ3) is 2.67. The van der Waals surface area contributed by atoms with Gasteiger partial charge in [-0.3, -0.25) is 0 Å². The van der Waals surface area contributed by atoms with Crippen LogP contribution in [0, 0.1) is 5.82 Å². The van der Waals surface area contributed by atoms with Crippen molar-refractivity contribution in [1.82, 2.24) is 9.78 Å². The summed E-state index contributed by atoms with van der Waals surface area (Å²) >= 11 is 6.15. The predicted molar refractivity (Wildman–Crippen MR) is 95.4 cm³/mol. The Morgan fingerprint density at radius 2 is 1.96 bits per heavy atom. The van der Waals surface area contributed by atoms with Gasteiger partial charge in [0.05, 0.1) is 5.69 Å². The molecule has 3 aromatic rings. The summed E-state index contributed by atoms with van der Waals surface area (Å²) in [5, 5.41) is 8.83. The molecule has 1 aromatic heterocycles. The highest BCUT2D eigenvalue weighted by molar-refractivity contribution is 6.30. The first-order valence-electron chi connectivity index (χ1n) is 8.10. The number of hydrogen-bond acceptors (Lipinski definition) is 2. The Balaban J connectivity index is 1.94. The molecule has 0 saturated heterocycles. The number of nitrogens with one attached hydrogen (secondary N) is 1. The van der Waals surface area contributed by atoms with Crippen molar-refractivity contribution in [3.8, 4) is 16.9 Å². The minimum Gasteiger partial charge on any atom is -0.370 e. The Labute approximate surface area is 145 Å². The molecule has 0 fully saturated rings. The fourth-order valence-electron chi connectivity index (χ4n) is 3.17. The molecular formula is C19H17ClFN3. The quantitative estimate of drug-likeness (QED) is 0.704. The van der Waals surface area contributed by atoms with Gasteiger partial charge in [-0.2, -0.15) is 5.10 Å². The molecule has 0 unspecified atom stereocenters. The average Bonchev–Trinajstić information content (AvgIpc) is 2.77. The van der Waals surface area contributed by atoms with E-state index in [-0.39, 0.29) is 5.82 Å². The molecule has 3 nitrogen and oxygen atoms in total. The maximum atomic E-state index is 14.3. The lowest BCUT2D eigenvalue weighted by molar-refractivity contribution is 0.611. The van der Waals surface area contributed by atoms with E-state index in [0.717, 1.165) is 48.4 Å². The van der Waals surface area contributed by atoms with Crippen molar-refractivity contribution in [3.63, 3.8) is 0 Å². The van der Waals surface area contributed by atoms with Crippen LogP contribution in [0.2, 0.25) is 5.02 Å². The zero-order valence-corrected chi connectivity index (χ0v) is 13.9. The molecule has 2 aromatic carbocycles. The smallest absolute Gasteiger partial charge is 0.148 e. The lowest BCUT2D eigenvalue weighted by atomic mass is 10.0. The maximum Gasteiger partial charge on any atom is 0.148 e. The third-order valence-electron chi connectivity index (χ3n) is 4.31. The van der Waals surface area contributed by atoms with Gasteiger partial charge in [0.2, 0.25) is 0 Å². The van der Waals surface area contributed by atoms with Crippen LogP contribution < -0.4 is 5.32 Å². The van der Waals surface area contributed by atoms with E-state index in [0.29, 0.717) is 10.7 Å². The number of benzene rings is 2. The maximum absolute atomic E-state index is 14.3. The number of para-hydroxylation sites is 1. The van der Waals surface area contributed by atoms with Gasteiger partial charge in [-0.15, -0.1) is 0 Å². The number of aromatic nitrogens is 2. The summed E-state index contributed by atoms with van der Waals surface area (Å²) in [4.78, 5) is 0. The highest BCUT2D eigenvalue weighted by atomic mass is 35.5. The van der Waals surface area contributed by atoms with Gasteiger partial charge in [0.15, 0.2) is 0 Å². The molecule has 1 aliphatic rings. The molecule has 0 bridgehead atoms. The second-order valence-corrected chi connectivity index (χ2v) is 6.37. The molecule has 5 heteroatoms. The van der Waals surface area contributed by atoms with Crippen LogP contribution in [0.15, 0.2) is 48.5 Å². The zero-order valence-electron chi connectivity index (χ0n) is 13.1. The van der Waals surface area contributed by atoms with Crippen LogP contribution in [-0.2, 0) is 6.42 Å². The van der Waals surface area contributed by atoms with Crippen molar-refractivity contribution in [1.29, 1.82) is 0 Å². The average molecular weight is 342 g/mol. The van der Waals surface area contributed by atoms with E-state index < -0.39 is 0 Å². The summed E-state index contributed by atoms with van der Waals surface area (Å²) in [6, 6.07) is 14.4. The Bertz CT molecular complexity index is 888. The Morgan fingerprint density at radius 3 is 2.79 bits per heavy atom. The number of rotatable bonds is 2. The Hall–Kier alpha value is -2.33. The third-order valence-corrected chi connectivity index (χ3v) is 4.54. The molecule has 0 saturated carbocycles. The van der Waals surface area contributed by atoms with E-state index in [1.165, 1.54) is 6.07 Å². The van der Waals surface area contributed by atoms with Crippen molar-refractivity contribution in [2.24, 2.45) is 0 Å². The van der Waals surface area contributed by atoms with Gasteiger partial charge in [-0.1, -0.05) is 35.9 Å². The molecule has 24 heavy (non-hydrogen) atoms. The van der Waals surface area contributed by atoms with Crippen molar-refractivity contribution in [2.45, 2.75) is 19.3 Å². The van der Waals surface area contributed by atoms with Crippen LogP contribution >= 0.6 is 11.6 Å². The van der Waals surface area contributed by atoms with Crippen molar-refractivity contribution >= 4 is 17.4 Å². The van der Waals surface area contributed by atoms with Gasteiger partial charge in [0.1, 0.15) is 17.3 Å². The van der Waals surface area contributed by atoms with E-state index in [9.17, 15) is 4.39 Å². The Morgan fingerprint density at radius 1 is 1.08 bits per heavy atom. The highest BCUT2D eigenvalue weighted by Crippen LogP contribution is 2.35. The highest BCUT2D eigenvalue weighted by Gasteiger charge is 2.22. The lowest BCUT2D eigenvalue weighted by Crippen LogP contribution is -2.08. The number of anilines is 1. The van der Waals surface area contributed by atoms with Crippen LogP contribution in [0.4, 0.5) is 10.2 Å².